The molecule has 1 unspecified atom stereocenters. The van der Waals surface area contributed by atoms with Crippen molar-refractivity contribution in [3.05, 3.63) is 42.4 Å². The van der Waals surface area contributed by atoms with E-state index in [0.29, 0.717) is 4.88 Å². The normalized spacial score (nSPS) is 13.1. The fourth-order valence-corrected chi connectivity index (χ4v) is 4.40. The van der Waals surface area contributed by atoms with Gasteiger partial charge in [0, 0.05) is 4.88 Å². The molecule has 80 valence electrons. The Balaban J connectivity index is 2.40. The summed E-state index contributed by atoms with van der Waals surface area (Å²) in [6, 6.07) is 3.41. The molecule has 0 aliphatic heterocycles. The predicted molar refractivity (Wildman–Crippen MR) is 68.7 cm³/mol. The van der Waals surface area contributed by atoms with Crippen molar-refractivity contribution < 1.29 is 4.39 Å². The number of rotatable bonds is 2. The largest absolute Gasteiger partial charge is 0.206 e. The van der Waals surface area contributed by atoms with Crippen molar-refractivity contribution >= 4 is 50.2 Å². The quantitative estimate of drug-likeness (QED) is 0.653. The molecule has 15 heavy (non-hydrogen) atoms. The van der Waals surface area contributed by atoms with E-state index in [1.165, 1.54) is 17.4 Å². The van der Waals surface area contributed by atoms with Crippen LogP contribution in [0.3, 0.4) is 0 Å². The molecular formula is C10H7BrClFS2. The Bertz CT molecular complexity index is 477. The third-order valence-corrected chi connectivity index (χ3v) is 5.18. The van der Waals surface area contributed by atoms with Gasteiger partial charge in [-0.15, -0.1) is 34.3 Å². The third kappa shape index (κ3) is 2.28. The number of thiophene rings is 2. The summed E-state index contributed by atoms with van der Waals surface area (Å²) >= 11 is 12.6. The second-order valence-corrected chi connectivity index (χ2v) is 7.08. The zero-order valence-electron chi connectivity index (χ0n) is 7.76. The first-order valence-corrected chi connectivity index (χ1v) is 7.15. The molecule has 2 heterocycles. The van der Waals surface area contributed by atoms with Gasteiger partial charge in [0.2, 0.25) is 0 Å². The Morgan fingerprint density at radius 1 is 1.53 bits per heavy atom. The second kappa shape index (κ2) is 4.53. The lowest BCUT2D eigenvalue weighted by molar-refractivity contribution is 0.620. The van der Waals surface area contributed by atoms with E-state index in [4.69, 9.17) is 11.6 Å². The van der Waals surface area contributed by atoms with Crippen molar-refractivity contribution in [2.45, 2.75) is 12.3 Å². The zero-order chi connectivity index (χ0) is 11.0. The molecule has 0 aliphatic carbocycles. The molecular weight excluding hydrogens is 319 g/mol. The highest BCUT2D eigenvalue weighted by molar-refractivity contribution is 9.11. The first kappa shape index (κ1) is 11.6. The molecule has 0 N–H and O–H groups in total. The van der Waals surface area contributed by atoms with Crippen molar-refractivity contribution in [3.63, 3.8) is 0 Å². The lowest BCUT2D eigenvalue weighted by atomic mass is 10.1. The smallest absolute Gasteiger partial charge is 0.138 e. The summed E-state index contributed by atoms with van der Waals surface area (Å²) in [5, 5.41) is 1.34. The van der Waals surface area contributed by atoms with Gasteiger partial charge in [-0.2, -0.15) is 0 Å². The van der Waals surface area contributed by atoms with Crippen LogP contribution in [0.25, 0.3) is 0 Å². The van der Waals surface area contributed by atoms with E-state index in [2.05, 4.69) is 15.9 Å². The maximum Gasteiger partial charge on any atom is 0.138 e. The van der Waals surface area contributed by atoms with Crippen LogP contribution in [-0.4, -0.2) is 0 Å². The van der Waals surface area contributed by atoms with E-state index in [1.807, 2.05) is 13.0 Å². The third-order valence-electron chi connectivity index (χ3n) is 2.07. The van der Waals surface area contributed by atoms with Crippen molar-refractivity contribution in [2.24, 2.45) is 0 Å². The van der Waals surface area contributed by atoms with Crippen molar-refractivity contribution in [2.75, 3.05) is 0 Å². The van der Waals surface area contributed by atoms with Crippen LogP contribution in [0.1, 0.15) is 20.7 Å². The van der Waals surface area contributed by atoms with Crippen molar-refractivity contribution in [3.8, 4) is 0 Å². The fourth-order valence-electron chi connectivity index (χ4n) is 1.34. The molecule has 2 rings (SSSR count). The summed E-state index contributed by atoms with van der Waals surface area (Å²) in [7, 11) is 0. The van der Waals surface area contributed by atoms with Crippen LogP contribution in [0.4, 0.5) is 4.39 Å². The highest BCUT2D eigenvalue weighted by Gasteiger charge is 2.20. The summed E-state index contributed by atoms with van der Waals surface area (Å²) in [5.74, 6) is -0.221. The van der Waals surface area contributed by atoms with Crippen LogP contribution in [0, 0.1) is 12.7 Å². The van der Waals surface area contributed by atoms with Gasteiger partial charge in [0.1, 0.15) is 5.82 Å². The second-order valence-electron chi connectivity index (χ2n) is 3.06. The van der Waals surface area contributed by atoms with Gasteiger partial charge in [0.05, 0.1) is 14.0 Å². The fraction of sp³-hybridized carbons (Fsp3) is 0.200. The Hall–Kier alpha value is 0.1000. The van der Waals surface area contributed by atoms with E-state index in [-0.39, 0.29) is 11.2 Å². The molecule has 0 spiro atoms. The summed E-state index contributed by atoms with van der Waals surface area (Å²) in [6.45, 7) is 1.99. The molecule has 0 fully saturated rings. The van der Waals surface area contributed by atoms with Gasteiger partial charge < -0.3 is 0 Å². The molecule has 0 aromatic carbocycles. The van der Waals surface area contributed by atoms with E-state index < -0.39 is 0 Å². The van der Waals surface area contributed by atoms with Gasteiger partial charge in [0.15, 0.2) is 0 Å². The molecule has 0 nitrogen and oxygen atoms in total. The van der Waals surface area contributed by atoms with Crippen LogP contribution < -0.4 is 0 Å². The molecule has 2 aromatic heterocycles. The number of hydrogen-bond donors (Lipinski definition) is 0. The molecule has 0 bridgehead atoms. The summed E-state index contributed by atoms with van der Waals surface area (Å²) in [6.07, 6.45) is 0. The molecule has 0 radical (unpaired) electrons. The van der Waals surface area contributed by atoms with E-state index in [1.54, 1.807) is 16.7 Å². The minimum Gasteiger partial charge on any atom is -0.206 e. The lowest BCUT2D eigenvalue weighted by Crippen LogP contribution is -1.92. The number of halogens is 3. The first-order chi connectivity index (χ1) is 7.09. The molecule has 0 aliphatic rings. The Morgan fingerprint density at radius 3 is 2.73 bits per heavy atom. The van der Waals surface area contributed by atoms with Crippen LogP contribution in [-0.2, 0) is 0 Å². The zero-order valence-corrected chi connectivity index (χ0v) is 11.7. The van der Waals surface area contributed by atoms with Crippen LogP contribution in [0.5, 0.6) is 0 Å². The van der Waals surface area contributed by atoms with Crippen LogP contribution in [0.2, 0.25) is 0 Å². The highest BCUT2D eigenvalue weighted by atomic mass is 79.9. The van der Waals surface area contributed by atoms with E-state index in [0.717, 1.165) is 14.2 Å². The predicted octanol–water partition coefficient (Wildman–Crippen LogP) is 5.35. The SMILES string of the molecule is Cc1sc(Br)cc1C(Cl)c1sccc1F. The summed E-state index contributed by atoms with van der Waals surface area (Å²) < 4.78 is 14.4. The first-order valence-electron chi connectivity index (χ1n) is 4.22. The number of alkyl halides is 1. The van der Waals surface area contributed by atoms with Gasteiger partial charge in [-0.1, -0.05) is 0 Å². The van der Waals surface area contributed by atoms with Crippen molar-refractivity contribution in [1.29, 1.82) is 0 Å². The van der Waals surface area contributed by atoms with Gasteiger partial charge in [-0.3, -0.25) is 0 Å². The monoisotopic (exact) mass is 324 g/mol. The Kier molecular flexibility index (Phi) is 3.50. The standard InChI is InChI=1S/C10H7BrClFS2/c1-5-6(4-8(11)15-5)9(12)10-7(13)2-3-14-10/h2-4,9H,1H3. The maximum absolute atomic E-state index is 13.3. The molecule has 2 aromatic rings. The molecule has 0 amide bonds. The number of hydrogen-bond acceptors (Lipinski definition) is 2. The van der Waals surface area contributed by atoms with E-state index in [9.17, 15) is 4.39 Å². The molecule has 0 saturated carbocycles. The Labute approximate surface area is 109 Å². The minimum absolute atomic E-state index is 0.221. The van der Waals surface area contributed by atoms with Gasteiger partial charge in [0.25, 0.3) is 0 Å². The van der Waals surface area contributed by atoms with Crippen LogP contribution >= 0.6 is 50.2 Å². The maximum atomic E-state index is 13.3. The van der Waals surface area contributed by atoms with Gasteiger partial charge in [-0.25, -0.2) is 4.39 Å². The van der Waals surface area contributed by atoms with Crippen LogP contribution in [0.15, 0.2) is 21.3 Å². The summed E-state index contributed by atoms with van der Waals surface area (Å²) in [5.41, 5.74) is 0.981. The van der Waals surface area contributed by atoms with Crippen molar-refractivity contribution in [1.82, 2.24) is 0 Å². The Morgan fingerprint density at radius 2 is 2.27 bits per heavy atom. The average molecular weight is 326 g/mol. The molecule has 5 heteroatoms. The summed E-state index contributed by atoms with van der Waals surface area (Å²) in [4.78, 5) is 1.71. The lowest BCUT2D eigenvalue weighted by Gasteiger charge is -2.06. The van der Waals surface area contributed by atoms with E-state index >= 15 is 0 Å². The molecule has 0 saturated heterocycles. The minimum atomic E-state index is -0.382. The highest BCUT2D eigenvalue weighted by Crippen LogP contribution is 2.39. The number of aryl methyl sites for hydroxylation is 1. The topological polar surface area (TPSA) is 0 Å². The van der Waals surface area contributed by atoms with Gasteiger partial charge >= 0.3 is 0 Å². The van der Waals surface area contributed by atoms with Gasteiger partial charge in [-0.05, 0) is 45.9 Å². The average Bonchev–Trinajstić information content (AvgIpc) is 2.71. The molecule has 1 atom stereocenters.